The molecule has 0 aliphatic carbocycles. The fourth-order valence-electron chi connectivity index (χ4n) is 3.57. The summed E-state index contributed by atoms with van der Waals surface area (Å²) in [4.78, 5) is 15.5. The van der Waals surface area contributed by atoms with Crippen LogP contribution in [0.1, 0.15) is 39.2 Å². The summed E-state index contributed by atoms with van der Waals surface area (Å²) >= 11 is 0. The van der Waals surface area contributed by atoms with Crippen LogP contribution in [0.3, 0.4) is 0 Å². The molecule has 0 N–H and O–H groups in total. The zero-order valence-electron chi connectivity index (χ0n) is 17.6. The number of halogens is 3. The Morgan fingerprint density at radius 3 is 2.27 bits per heavy atom. The van der Waals surface area contributed by atoms with Crippen molar-refractivity contribution in [3.63, 3.8) is 0 Å². The first kappa shape index (κ1) is 22.5. The van der Waals surface area contributed by atoms with Gasteiger partial charge in [0.15, 0.2) is 0 Å². The number of likely N-dealkylation sites (tertiary alicyclic amines) is 1. The second-order valence-electron chi connectivity index (χ2n) is 8.56. The molecule has 2 fully saturated rings. The van der Waals surface area contributed by atoms with Crippen LogP contribution in [0.15, 0.2) is 18.2 Å². The quantitative estimate of drug-likeness (QED) is 0.715. The monoisotopic (exact) mass is 430 g/mol. The third-order valence-corrected chi connectivity index (χ3v) is 5.02. The zero-order valence-corrected chi connectivity index (χ0v) is 17.6. The molecule has 2 aliphatic rings. The molecule has 9 heteroatoms. The van der Waals surface area contributed by atoms with Crippen molar-refractivity contribution < 1.29 is 32.2 Å². The molecule has 2 heterocycles. The first-order valence-corrected chi connectivity index (χ1v) is 10.2. The number of morpholine rings is 1. The maximum absolute atomic E-state index is 13.5. The molecule has 30 heavy (non-hydrogen) atoms. The number of alkyl halides is 3. The van der Waals surface area contributed by atoms with Crippen molar-refractivity contribution in [1.29, 1.82) is 0 Å². The SMILES string of the molecule is CC(C)(C)OC(=O)N1CCC(Oc2ccc(C(F)(F)F)c(N3CCOCC3)c2)CC1. The van der Waals surface area contributed by atoms with Crippen LogP contribution in [0.2, 0.25) is 0 Å². The van der Waals surface area contributed by atoms with E-state index in [1.165, 1.54) is 12.1 Å². The fourth-order valence-corrected chi connectivity index (χ4v) is 3.57. The van der Waals surface area contributed by atoms with Crippen LogP contribution < -0.4 is 9.64 Å². The highest BCUT2D eigenvalue weighted by Gasteiger charge is 2.36. The summed E-state index contributed by atoms with van der Waals surface area (Å²) < 4.78 is 57.1. The van der Waals surface area contributed by atoms with Gasteiger partial charge < -0.3 is 24.0 Å². The number of anilines is 1. The van der Waals surface area contributed by atoms with Crippen LogP contribution in [0.4, 0.5) is 23.7 Å². The summed E-state index contributed by atoms with van der Waals surface area (Å²) in [7, 11) is 0. The molecule has 1 aromatic carbocycles. The van der Waals surface area contributed by atoms with Gasteiger partial charge in [0.1, 0.15) is 17.5 Å². The highest BCUT2D eigenvalue weighted by Crippen LogP contribution is 2.39. The van der Waals surface area contributed by atoms with E-state index in [1.54, 1.807) is 9.80 Å². The molecule has 0 unspecified atom stereocenters. The second kappa shape index (κ2) is 8.91. The molecule has 0 aromatic heterocycles. The number of hydrogen-bond donors (Lipinski definition) is 0. The smallest absolute Gasteiger partial charge is 0.418 e. The predicted molar refractivity (Wildman–Crippen MR) is 106 cm³/mol. The van der Waals surface area contributed by atoms with Gasteiger partial charge in [-0.3, -0.25) is 0 Å². The van der Waals surface area contributed by atoms with Crippen molar-refractivity contribution in [2.24, 2.45) is 0 Å². The van der Waals surface area contributed by atoms with Gasteiger partial charge in [-0.15, -0.1) is 0 Å². The average molecular weight is 430 g/mol. The average Bonchev–Trinajstić information content (AvgIpc) is 2.67. The minimum atomic E-state index is -4.44. The normalized spacial score (nSPS) is 19.0. The molecule has 0 radical (unpaired) electrons. The number of ether oxygens (including phenoxy) is 3. The van der Waals surface area contributed by atoms with Crippen molar-refractivity contribution >= 4 is 11.8 Å². The van der Waals surface area contributed by atoms with Gasteiger partial charge in [0, 0.05) is 45.1 Å². The molecular weight excluding hydrogens is 401 g/mol. The zero-order chi connectivity index (χ0) is 21.9. The molecule has 0 atom stereocenters. The van der Waals surface area contributed by atoms with Crippen LogP contribution in [-0.4, -0.2) is 62.1 Å². The van der Waals surface area contributed by atoms with Gasteiger partial charge >= 0.3 is 12.3 Å². The molecule has 6 nitrogen and oxygen atoms in total. The molecule has 0 spiro atoms. The van der Waals surface area contributed by atoms with E-state index in [0.29, 0.717) is 58.0 Å². The fraction of sp³-hybridized carbons (Fsp3) is 0.667. The summed E-state index contributed by atoms with van der Waals surface area (Å²) in [5.74, 6) is 0.403. The van der Waals surface area contributed by atoms with E-state index in [1.807, 2.05) is 20.8 Å². The summed E-state index contributed by atoms with van der Waals surface area (Å²) in [5, 5.41) is 0. The number of rotatable bonds is 3. The maximum atomic E-state index is 13.5. The van der Waals surface area contributed by atoms with Crippen molar-refractivity contribution in [2.45, 2.75) is 51.5 Å². The molecule has 2 saturated heterocycles. The summed E-state index contributed by atoms with van der Waals surface area (Å²) in [5.41, 5.74) is -1.11. The number of piperidine rings is 1. The summed E-state index contributed by atoms with van der Waals surface area (Å²) in [6, 6.07) is 3.91. The Morgan fingerprint density at radius 2 is 1.70 bits per heavy atom. The standard InChI is InChI=1S/C21H29F3N2O4/c1-20(2,3)30-19(27)26-8-6-15(7-9-26)29-16-4-5-17(21(22,23)24)18(14-16)25-10-12-28-13-11-25/h4-5,14-15H,6-13H2,1-3H3. The van der Waals surface area contributed by atoms with Gasteiger partial charge in [0.2, 0.25) is 0 Å². The highest BCUT2D eigenvalue weighted by molar-refractivity contribution is 5.68. The molecule has 2 aliphatic heterocycles. The van der Waals surface area contributed by atoms with E-state index in [9.17, 15) is 18.0 Å². The van der Waals surface area contributed by atoms with Crippen molar-refractivity contribution in [1.82, 2.24) is 4.90 Å². The van der Waals surface area contributed by atoms with Gasteiger partial charge in [-0.1, -0.05) is 0 Å². The Bertz CT molecular complexity index is 735. The van der Waals surface area contributed by atoms with E-state index in [0.717, 1.165) is 6.07 Å². The molecule has 168 valence electrons. The van der Waals surface area contributed by atoms with Gasteiger partial charge in [-0.25, -0.2) is 4.79 Å². The minimum Gasteiger partial charge on any atom is -0.490 e. The predicted octanol–water partition coefficient (Wildman–Crippen LogP) is 4.32. The topological polar surface area (TPSA) is 51.2 Å². The first-order chi connectivity index (χ1) is 14.0. The summed E-state index contributed by atoms with van der Waals surface area (Å²) in [6.45, 7) is 8.01. The van der Waals surface area contributed by atoms with Crippen LogP contribution in [0.5, 0.6) is 5.75 Å². The van der Waals surface area contributed by atoms with Gasteiger partial charge in [-0.05, 0) is 32.9 Å². The van der Waals surface area contributed by atoms with E-state index >= 15 is 0 Å². The van der Waals surface area contributed by atoms with Crippen LogP contribution in [0, 0.1) is 0 Å². The highest BCUT2D eigenvalue weighted by atomic mass is 19.4. The lowest BCUT2D eigenvalue weighted by Gasteiger charge is -2.34. The number of benzene rings is 1. The van der Waals surface area contributed by atoms with E-state index in [4.69, 9.17) is 14.2 Å². The van der Waals surface area contributed by atoms with Crippen molar-refractivity contribution in [2.75, 3.05) is 44.3 Å². The van der Waals surface area contributed by atoms with Gasteiger partial charge in [-0.2, -0.15) is 13.2 Å². The minimum absolute atomic E-state index is 0.120. The van der Waals surface area contributed by atoms with Crippen molar-refractivity contribution in [3.8, 4) is 5.75 Å². The molecule has 0 bridgehead atoms. The van der Waals surface area contributed by atoms with E-state index in [2.05, 4.69) is 0 Å². The lowest BCUT2D eigenvalue weighted by Crippen LogP contribution is -2.44. The maximum Gasteiger partial charge on any atom is 0.418 e. The van der Waals surface area contributed by atoms with Crippen LogP contribution >= 0.6 is 0 Å². The molecule has 1 amide bonds. The Morgan fingerprint density at radius 1 is 1.07 bits per heavy atom. The lowest BCUT2D eigenvalue weighted by molar-refractivity contribution is -0.137. The Kier molecular flexibility index (Phi) is 6.69. The Hall–Kier alpha value is -2.16. The number of nitrogens with zero attached hydrogens (tertiary/aromatic N) is 2. The molecule has 3 rings (SSSR count). The van der Waals surface area contributed by atoms with Gasteiger partial charge in [0.25, 0.3) is 0 Å². The number of carbonyl (C=O) groups is 1. The number of carbonyl (C=O) groups excluding carboxylic acids is 1. The second-order valence-corrected chi connectivity index (χ2v) is 8.56. The summed E-state index contributed by atoms with van der Waals surface area (Å²) in [6.07, 6.45) is -3.78. The molecular formula is C21H29F3N2O4. The number of amides is 1. The van der Waals surface area contributed by atoms with E-state index in [-0.39, 0.29) is 17.9 Å². The lowest BCUT2D eigenvalue weighted by atomic mass is 10.1. The van der Waals surface area contributed by atoms with Crippen LogP contribution in [0.25, 0.3) is 0 Å². The van der Waals surface area contributed by atoms with Crippen LogP contribution in [-0.2, 0) is 15.7 Å². The molecule has 0 saturated carbocycles. The van der Waals surface area contributed by atoms with Crippen molar-refractivity contribution in [3.05, 3.63) is 23.8 Å². The van der Waals surface area contributed by atoms with E-state index < -0.39 is 17.3 Å². The number of hydrogen-bond acceptors (Lipinski definition) is 5. The largest absolute Gasteiger partial charge is 0.490 e. The Balaban J connectivity index is 1.65. The third kappa shape index (κ3) is 5.93. The Labute approximate surface area is 174 Å². The molecule has 1 aromatic rings. The third-order valence-electron chi connectivity index (χ3n) is 5.02. The first-order valence-electron chi connectivity index (χ1n) is 10.2. The van der Waals surface area contributed by atoms with Gasteiger partial charge in [0.05, 0.1) is 24.5 Å².